The van der Waals surface area contributed by atoms with Gasteiger partial charge in [-0.1, -0.05) is 25.3 Å². The van der Waals surface area contributed by atoms with Crippen molar-refractivity contribution in [3.8, 4) is 0 Å². The van der Waals surface area contributed by atoms with Crippen LogP contribution in [0.1, 0.15) is 37.7 Å². The molecule has 1 aromatic carbocycles. The first-order valence-corrected chi connectivity index (χ1v) is 6.15. The van der Waals surface area contributed by atoms with E-state index in [1.54, 1.807) is 0 Å². The minimum absolute atomic E-state index is 0.224. The average molecular weight is 272 g/mol. The van der Waals surface area contributed by atoms with Gasteiger partial charge < -0.3 is 5.73 Å². The van der Waals surface area contributed by atoms with Crippen LogP contribution in [-0.4, -0.2) is 0 Å². The van der Waals surface area contributed by atoms with Gasteiger partial charge in [0.05, 0.1) is 4.47 Å². The standard InChI is InChI=1S/C12H15BrFN/c13-10-8-9(4-5-11(10)14)12(15)6-2-1-3-7-12/h4-5,8H,1-3,6-7,15H2. The van der Waals surface area contributed by atoms with Gasteiger partial charge in [-0.05, 0) is 46.5 Å². The number of nitrogens with two attached hydrogens (primary N) is 1. The average Bonchev–Trinajstić information content (AvgIpc) is 2.23. The maximum atomic E-state index is 13.1. The van der Waals surface area contributed by atoms with Gasteiger partial charge in [-0.3, -0.25) is 0 Å². The number of halogens is 2. The van der Waals surface area contributed by atoms with E-state index in [-0.39, 0.29) is 11.4 Å². The molecule has 0 aliphatic heterocycles. The summed E-state index contributed by atoms with van der Waals surface area (Å²) in [6.07, 6.45) is 5.62. The van der Waals surface area contributed by atoms with Crippen LogP contribution in [0.15, 0.2) is 22.7 Å². The highest BCUT2D eigenvalue weighted by Crippen LogP contribution is 2.35. The van der Waals surface area contributed by atoms with E-state index in [9.17, 15) is 4.39 Å². The Labute approximate surface area is 98.0 Å². The van der Waals surface area contributed by atoms with Crippen molar-refractivity contribution in [1.82, 2.24) is 0 Å². The lowest BCUT2D eigenvalue weighted by Gasteiger charge is -2.34. The molecule has 1 aliphatic rings. The molecule has 1 saturated carbocycles. The van der Waals surface area contributed by atoms with Gasteiger partial charge >= 0.3 is 0 Å². The maximum absolute atomic E-state index is 13.1. The van der Waals surface area contributed by atoms with Crippen LogP contribution in [0.5, 0.6) is 0 Å². The second-order valence-electron chi connectivity index (χ2n) is 4.35. The lowest BCUT2D eigenvalue weighted by atomic mass is 9.77. The van der Waals surface area contributed by atoms with Gasteiger partial charge in [0.2, 0.25) is 0 Å². The molecule has 2 rings (SSSR count). The molecule has 0 spiro atoms. The van der Waals surface area contributed by atoms with Crippen LogP contribution in [-0.2, 0) is 5.54 Å². The zero-order valence-electron chi connectivity index (χ0n) is 8.60. The fraction of sp³-hybridized carbons (Fsp3) is 0.500. The summed E-state index contributed by atoms with van der Waals surface area (Å²) >= 11 is 3.21. The van der Waals surface area contributed by atoms with Crippen LogP contribution in [0.3, 0.4) is 0 Å². The van der Waals surface area contributed by atoms with Gasteiger partial charge in [0.15, 0.2) is 0 Å². The molecule has 0 atom stereocenters. The Morgan fingerprint density at radius 3 is 2.47 bits per heavy atom. The third-order valence-electron chi connectivity index (χ3n) is 3.24. The molecule has 82 valence electrons. The van der Waals surface area contributed by atoms with E-state index in [0.29, 0.717) is 4.47 Å². The highest BCUT2D eigenvalue weighted by Gasteiger charge is 2.29. The smallest absolute Gasteiger partial charge is 0.137 e. The van der Waals surface area contributed by atoms with Crippen LogP contribution in [0.2, 0.25) is 0 Å². The zero-order valence-corrected chi connectivity index (χ0v) is 10.2. The first-order valence-electron chi connectivity index (χ1n) is 5.36. The normalized spacial score (nSPS) is 20.2. The molecule has 3 heteroatoms. The Morgan fingerprint density at radius 2 is 1.87 bits per heavy atom. The summed E-state index contributed by atoms with van der Waals surface area (Å²) in [5.74, 6) is -0.224. The SMILES string of the molecule is NC1(c2ccc(F)c(Br)c2)CCCCC1. The topological polar surface area (TPSA) is 26.0 Å². The largest absolute Gasteiger partial charge is 0.321 e. The van der Waals surface area contributed by atoms with E-state index >= 15 is 0 Å². The van der Waals surface area contributed by atoms with Crippen molar-refractivity contribution in [2.45, 2.75) is 37.6 Å². The summed E-state index contributed by atoms with van der Waals surface area (Å²) in [6.45, 7) is 0. The first-order chi connectivity index (χ1) is 7.12. The van der Waals surface area contributed by atoms with Crippen molar-refractivity contribution in [1.29, 1.82) is 0 Å². The molecule has 2 N–H and O–H groups in total. The molecule has 1 aromatic rings. The number of hydrogen-bond donors (Lipinski definition) is 1. The predicted octanol–water partition coefficient (Wildman–Crippen LogP) is 3.71. The van der Waals surface area contributed by atoms with Gasteiger partial charge in [0.25, 0.3) is 0 Å². The highest BCUT2D eigenvalue weighted by atomic mass is 79.9. The number of rotatable bonds is 1. The Kier molecular flexibility index (Phi) is 3.12. The van der Waals surface area contributed by atoms with Crippen LogP contribution < -0.4 is 5.73 Å². The van der Waals surface area contributed by atoms with Gasteiger partial charge in [-0.15, -0.1) is 0 Å². The summed E-state index contributed by atoms with van der Waals surface area (Å²) < 4.78 is 13.6. The molecular weight excluding hydrogens is 257 g/mol. The minimum atomic E-state index is -0.242. The highest BCUT2D eigenvalue weighted by molar-refractivity contribution is 9.10. The van der Waals surface area contributed by atoms with Gasteiger partial charge in [0.1, 0.15) is 5.82 Å². The molecular formula is C12H15BrFN. The molecule has 0 saturated heterocycles. The first kappa shape index (κ1) is 11.1. The number of hydrogen-bond acceptors (Lipinski definition) is 1. The lowest BCUT2D eigenvalue weighted by molar-refractivity contribution is 0.302. The van der Waals surface area contributed by atoms with Gasteiger partial charge in [-0.2, -0.15) is 0 Å². The molecule has 0 unspecified atom stereocenters. The van der Waals surface area contributed by atoms with Gasteiger partial charge in [0, 0.05) is 5.54 Å². The van der Waals surface area contributed by atoms with E-state index in [1.165, 1.54) is 25.3 Å². The monoisotopic (exact) mass is 271 g/mol. The molecule has 1 nitrogen and oxygen atoms in total. The Morgan fingerprint density at radius 1 is 1.20 bits per heavy atom. The van der Waals surface area contributed by atoms with E-state index in [4.69, 9.17) is 5.73 Å². The van der Waals surface area contributed by atoms with Gasteiger partial charge in [-0.25, -0.2) is 4.39 Å². The predicted molar refractivity (Wildman–Crippen MR) is 63.1 cm³/mol. The van der Waals surface area contributed by atoms with Crippen molar-refractivity contribution in [2.24, 2.45) is 5.73 Å². The van der Waals surface area contributed by atoms with Crippen molar-refractivity contribution >= 4 is 15.9 Å². The summed E-state index contributed by atoms with van der Waals surface area (Å²) in [4.78, 5) is 0. The number of benzene rings is 1. The minimum Gasteiger partial charge on any atom is -0.321 e. The maximum Gasteiger partial charge on any atom is 0.137 e. The fourth-order valence-electron chi connectivity index (χ4n) is 2.28. The quantitative estimate of drug-likeness (QED) is 0.828. The summed E-state index contributed by atoms with van der Waals surface area (Å²) in [6, 6.07) is 5.12. The Bertz CT molecular complexity index is 359. The molecule has 0 amide bonds. The van der Waals surface area contributed by atoms with E-state index in [1.807, 2.05) is 12.1 Å². The van der Waals surface area contributed by atoms with Crippen molar-refractivity contribution < 1.29 is 4.39 Å². The van der Waals surface area contributed by atoms with Crippen LogP contribution >= 0.6 is 15.9 Å². The molecule has 0 heterocycles. The van der Waals surface area contributed by atoms with Crippen LogP contribution in [0.4, 0.5) is 4.39 Å². The summed E-state index contributed by atoms with van der Waals surface area (Å²) in [7, 11) is 0. The van der Waals surface area contributed by atoms with E-state index in [2.05, 4.69) is 15.9 Å². The van der Waals surface area contributed by atoms with Crippen molar-refractivity contribution in [3.05, 3.63) is 34.1 Å². The summed E-state index contributed by atoms with van der Waals surface area (Å²) in [5.41, 5.74) is 7.17. The molecule has 0 bridgehead atoms. The van der Waals surface area contributed by atoms with Crippen molar-refractivity contribution in [3.63, 3.8) is 0 Å². The molecule has 15 heavy (non-hydrogen) atoms. The Balaban J connectivity index is 2.31. The second kappa shape index (κ2) is 4.22. The van der Waals surface area contributed by atoms with Crippen LogP contribution in [0.25, 0.3) is 0 Å². The van der Waals surface area contributed by atoms with E-state index in [0.717, 1.165) is 18.4 Å². The third kappa shape index (κ3) is 2.23. The van der Waals surface area contributed by atoms with Crippen LogP contribution in [0, 0.1) is 5.82 Å². The molecule has 0 radical (unpaired) electrons. The fourth-order valence-corrected chi connectivity index (χ4v) is 2.66. The summed E-state index contributed by atoms with van der Waals surface area (Å²) in [5, 5.41) is 0. The lowest BCUT2D eigenvalue weighted by Crippen LogP contribution is -2.38. The second-order valence-corrected chi connectivity index (χ2v) is 5.20. The molecule has 1 fully saturated rings. The Hall–Kier alpha value is -0.410. The molecule has 0 aromatic heterocycles. The van der Waals surface area contributed by atoms with Crippen molar-refractivity contribution in [2.75, 3.05) is 0 Å². The third-order valence-corrected chi connectivity index (χ3v) is 3.85. The van der Waals surface area contributed by atoms with E-state index < -0.39 is 0 Å². The zero-order chi connectivity index (χ0) is 10.9. The molecule has 1 aliphatic carbocycles.